The molecule has 0 aliphatic rings. The molecular weight excluding hydrogens is 372 g/mol. The number of carbonyl (C=O) groups excluding carboxylic acids is 2. The first-order valence-electron chi connectivity index (χ1n) is 9.02. The predicted octanol–water partition coefficient (Wildman–Crippen LogP) is 2.53. The molecule has 29 heavy (non-hydrogen) atoms. The Morgan fingerprint density at radius 1 is 0.931 bits per heavy atom. The van der Waals surface area contributed by atoms with E-state index in [1.807, 2.05) is 13.0 Å². The van der Waals surface area contributed by atoms with E-state index in [2.05, 4.69) is 15.7 Å². The Kier molecular flexibility index (Phi) is 6.36. The Labute approximate surface area is 167 Å². The van der Waals surface area contributed by atoms with E-state index in [-0.39, 0.29) is 12.2 Å². The number of aromatic nitrogens is 2. The lowest BCUT2D eigenvalue weighted by molar-refractivity contribution is -0.117. The number of anilines is 2. The highest BCUT2D eigenvalue weighted by molar-refractivity contribution is 6.02. The van der Waals surface area contributed by atoms with Crippen LogP contribution in [0.2, 0.25) is 0 Å². The summed E-state index contributed by atoms with van der Waals surface area (Å²) < 4.78 is 6.30. The Morgan fingerprint density at radius 2 is 1.62 bits per heavy atom. The van der Waals surface area contributed by atoms with Crippen LogP contribution in [0.1, 0.15) is 17.4 Å². The van der Waals surface area contributed by atoms with Crippen molar-refractivity contribution in [3.05, 3.63) is 82.8 Å². The fourth-order valence-electron chi connectivity index (χ4n) is 2.54. The van der Waals surface area contributed by atoms with Crippen molar-refractivity contribution in [3.63, 3.8) is 0 Å². The van der Waals surface area contributed by atoms with Gasteiger partial charge in [0.15, 0.2) is 0 Å². The second-order valence-electron chi connectivity index (χ2n) is 6.04. The van der Waals surface area contributed by atoms with Crippen LogP contribution in [-0.4, -0.2) is 28.2 Å². The van der Waals surface area contributed by atoms with Gasteiger partial charge >= 0.3 is 0 Å². The molecule has 0 fully saturated rings. The molecule has 2 aromatic carbocycles. The third kappa shape index (κ3) is 5.52. The van der Waals surface area contributed by atoms with Gasteiger partial charge in [0.2, 0.25) is 5.91 Å². The smallest absolute Gasteiger partial charge is 0.276 e. The minimum absolute atomic E-state index is 0.0299. The number of rotatable bonds is 7. The first kappa shape index (κ1) is 19.8. The standard InChI is InChI=1S/C21H20N4O4/c1-2-29-17-10-8-16(9-11-17)22-19(26)14-25-20(27)13-12-18(24-25)21(28)23-15-6-4-3-5-7-15/h3-13H,2,14H2,1H3,(H,22,26)(H,23,28). The summed E-state index contributed by atoms with van der Waals surface area (Å²) >= 11 is 0. The highest BCUT2D eigenvalue weighted by atomic mass is 16.5. The Hall–Kier alpha value is -3.94. The summed E-state index contributed by atoms with van der Waals surface area (Å²) in [6, 6.07) is 18.3. The van der Waals surface area contributed by atoms with Crippen molar-refractivity contribution < 1.29 is 14.3 Å². The molecule has 8 heteroatoms. The molecule has 2 N–H and O–H groups in total. The number of nitrogens with zero attached hydrogens (tertiary/aromatic N) is 2. The van der Waals surface area contributed by atoms with E-state index in [0.717, 1.165) is 4.68 Å². The molecule has 3 aromatic rings. The van der Waals surface area contributed by atoms with Gasteiger partial charge in [-0.25, -0.2) is 4.68 Å². The number of para-hydroxylation sites is 1. The first-order valence-corrected chi connectivity index (χ1v) is 9.02. The van der Waals surface area contributed by atoms with Crippen LogP contribution in [0, 0.1) is 0 Å². The van der Waals surface area contributed by atoms with E-state index in [9.17, 15) is 14.4 Å². The van der Waals surface area contributed by atoms with Crippen LogP contribution < -0.4 is 20.9 Å². The van der Waals surface area contributed by atoms with Crippen LogP contribution >= 0.6 is 0 Å². The molecule has 0 saturated heterocycles. The Morgan fingerprint density at radius 3 is 2.31 bits per heavy atom. The topological polar surface area (TPSA) is 102 Å². The second kappa shape index (κ2) is 9.32. The lowest BCUT2D eigenvalue weighted by Crippen LogP contribution is -2.31. The summed E-state index contributed by atoms with van der Waals surface area (Å²) in [5.41, 5.74) is 0.709. The van der Waals surface area contributed by atoms with E-state index < -0.39 is 17.4 Å². The minimum Gasteiger partial charge on any atom is -0.494 e. The van der Waals surface area contributed by atoms with Crippen LogP contribution in [0.4, 0.5) is 11.4 Å². The van der Waals surface area contributed by atoms with Crippen LogP contribution in [0.3, 0.4) is 0 Å². The van der Waals surface area contributed by atoms with Crippen LogP contribution in [0.15, 0.2) is 71.5 Å². The van der Waals surface area contributed by atoms with Crippen molar-refractivity contribution in [3.8, 4) is 5.75 Å². The molecule has 0 aliphatic carbocycles. The highest BCUT2D eigenvalue weighted by Gasteiger charge is 2.12. The lowest BCUT2D eigenvalue weighted by Gasteiger charge is -2.09. The van der Waals surface area contributed by atoms with E-state index in [0.29, 0.717) is 23.7 Å². The van der Waals surface area contributed by atoms with Gasteiger partial charge in [0, 0.05) is 17.4 Å². The molecule has 1 aromatic heterocycles. The zero-order valence-corrected chi connectivity index (χ0v) is 15.8. The van der Waals surface area contributed by atoms with Gasteiger partial charge in [0.05, 0.1) is 6.61 Å². The maximum Gasteiger partial charge on any atom is 0.276 e. The second-order valence-corrected chi connectivity index (χ2v) is 6.04. The van der Waals surface area contributed by atoms with Crippen LogP contribution in [0.5, 0.6) is 5.75 Å². The maximum absolute atomic E-state index is 12.3. The van der Waals surface area contributed by atoms with E-state index in [1.165, 1.54) is 12.1 Å². The van der Waals surface area contributed by atoms with Crippen molar-refractivity contribution in [1.29, 1.82) is 0 Å². The number of ether oxygens (including phenoxy) is 1. The fourth-order valence-corrected chi connectivity index (χ4v) is 2.54. The summed E-state index contributed by atoms with van der Waals surface area (Å²) in [6.07, 6.45) is 0. The molecule has 0 atom stereocenters. The summed E-state index contributed by atoms with van der Waals surface area (Å²) in [4.78, 5) is 36.6. The molecule has 0 radical (unpaired) electrons. The Bertz CT molecular complexity index is 1050. The van der Waals surface area contributed by atoms with Crippen LogP contribution in [0.25, 0.3) is 0 Å². The summed E-state index contributed by atoms with van der Waals surface area (Å²) in [7, 11) is 0. The van der Waals surface area contributed by atoms with Crippen molar-refractivity contribution in [1.82, 2.24) is 9.78 Å². The molecule has 0 unspecified atom stereocenters. The lowest BCUT2D eigenvalue weighted by atomic mass is 10.3. The van der Waals surface area contributed by atoms with Gasteiger partial charge in [-0.2, -0.15) is 5.10 Å². The summed E-state index contributed by atoms with van der Waals surface area (Å²) in [5.74, 6) is -0.221. The zero-order valence-electron chi connectivity index (χ0n) is 15.8. The van der Waals surface area contributed by atoms with Gasteiger partial charge in [0.1, 0.15) is 18.0 Å². The number of hydrogen-bond donors (Lipinski definition) is 2. The largest absolute Gasteiger partial charge is 0.494 e. The first-order chi connectivity index (χ1) is 14.0. The predicted molar refractivity (Wildman–Crippen MR) is 109 cm³/mol. The molecule has 148 valence electrons. The molecule has 2 amide bonds. The molecule has 0 saturated carbocycles. The van der Waals surface area contributed by atoms with Crippen LogP contribution in [-0.2, 0) is 11.3 Å². The number of carbonyl (C=O) groups is 2. The zero-order chi connectivity index (χ0) is 20.6. The molecular formula is C21H20N4O4. The number of nitrogens with one attached hydrogen (secondary N) is 2. The van der Waals surface area contributed by atoms with Crippen molar-refractivity contribution >= 4 is 23.2 Å². The van der Waals surface area contributed by atoms with Gasteiger partial charge in [-0.1, -0.05) is 18.2 Å². The van der Waals surface area contributed by atoms with Gasteiger partial charge < -0.3 is 15.4 Å². The maximum atomic E-state index is 12.3. The minimum atomic E-state index is -0.483. The Balaban J connectivity index is 1.67. The summed E-state index contributed by atoms with van der Waals surface area (Å²) in [6.45, 7) is 2.11. The van der Waals surface area contributed by atoms with Crippen molar-refractivity contribution in [2.75, 3.05) is 17.2 Å². The molecule has 0 spiro atoms. The number of benzene rings is 2. The monoisotopic (exact) mass is 392 g/mol. The van der Waals surface area contributed by atoms with Gasteiger partial charge in [-0.05, 0) is 49.4 Å². The third-order valence-corrected chi connectivity index (χ3v) is 3.87. The molecule has 1 heterocycles. The average molecular weight is 392 g/mol. The highest BCUT2D eigenvalue weighted by Crippen LogP contribution is 2.15. The van der Waals surface area contributed by atoms with E-state index >= 15 is 0 Å². The SMILES string of the molecule is CCOc1ccc(NC(=O)Cn2nc(C(=O)Nc3ccccc3)ccc2=O)cc1. The van der Waals surface area contributed by atoms with Gasteiger partial charge in [-0.15, -0.1) is 0 Å². The third-order valence-electron chi connectivity index (χ3n) is 3.87. The average Bonchev–Trinajstić information content (AvgIpc) is 2.72. The number of hydrogen-bond acceptors (Lipinski definition) is 5. The van der Waals surface area contributed by atoms with Crippen molar-refractivity contribution in [2.24, 2.45) is 0 Å². The molecule has 8 nitrogen and oxygen atoms in total. The van der Waals surface area contributed by atoms with Gasteiger partial charge in [0.25, 0.3) is 11.5 Å². The quantitative estimate of drug-likeness (QED) is 0.643. The molecule has 3 rings (SSSR count). The fraction of sp³-hybridized carbons (Fsp3) is 0.143. The van der Waals surface area contributed by atoms with E-state index in [4.69, 9.17) is 4.74 Å². The summed E-state index contributed by atoms with van der Waals surface area (Å²) in [5, 5.41) is 9.36. The number of amides is 2. The van der Waals surface area contributed by atoms with Gasteiger partial charge in [-0.3, -0.25) is 14.4 Å². The molecule has 0 aliphatic heterocycles. The van der Waals surface area contributed by atoms with E-state index in [1.54, 1.807) is 48.5 Å². The molecule has 0 bridgehead atoms. The normalized spacial score (nSPS) is 10.2. The van der Waals surface area contributed by atoms with Crippen molar-refractivity contribution in [2.45, 2.75) is 13.5 Å².